The molecule has 9 heavy (non-hydrogen) atoms. The van der Waals surface area contributed by atoms with E-state index >= 15 is 0 Å². The van der Waals surface area contributed by atoms with Crippen LogP contribution < -0.4 is 5.32 Å². The molecule has 3 heteroatoms. The average molecular weight is 140 g/mol. The van der Waals surface area contributed by atoms with Gasteiger partial charge in [-0.1, -0.05) is 0 Å². The van der Waals surface area contributed by atoms with Gasteiger partial charge in [-0.05, 0) is 12.1 Å². The van der Waals surface area contributed by atoms with Crippen LogP contribution in [0.3, 0.4) is 0 Å². The summed E-state index contributed by atoms with van der Waals surface area (Å²) in [6.45, 7) is 0. The predicted octanol–water partition coefficient (Wildman–Crippen LogP) is 1.41. The van der Waals surface area contributed by atoms with E-state index < -0.39 is 0 Å². The molecule has 0 bridgehead atoms. The highest BCUT2D eigenvalue weighted by atomic mass is 32.1. The third-order valence-corrected chi connectivity index (χ3v) is 1.27. The van der Waals surface area contributed by atoms with Crippen LogP contribution in [0.15, 0.2) is 23.2 Å². The minimum absolute atomic E-state index is 0.868. The summed E-state index contributed by atoms with van der Waals surface area (Å²) in [7, 11) is 1.83. The molecular formula is C6H8N2S. The van der Waals surface area contributed by atoms with Crippen LogP contribution in [-0.2, 0) is 0 Å². The first-order chi connectivity index (χ1) is 4.33. The van der Waals surface area contributed by atoms with Gasteiger partial charge in [0.1, 0.15) is 5.82 Å². The fourth-order valence-corrected chi connectivity index (χ4v) is 0.666. The Labute approximate surface area is 59.7 Å². The number of anilines is 1. The van der Waals surface area contributed by atoms with Crippen molar-refractivity contribution in [1.29, 1.82) is 0 Å². The van der Waals surface area contributed by atoms with Gasteiger partial charge in [-0.25, -0.2) is 4.98 Å². The molecule has 0 amide bonds. The van der Waals surface area contributed by atoms with Crippen molar-refractivity contribution in [2.75, 3.05) is 12.4 Å². The van der Waals surface area contributed by atoms with Crippen molar-refractivity contribution in [3.8, 4) is 0 Å². The summed E-state index contributed by atoms with van der Waals surface area (Å²) in [5.74, 6) is 0.868. The van der Waals surface area contributed by atoms with E-state index in [2.05, 4.69) is 22.9 Å². The maximum Gasteiger partial charge on any atom is 0.125 e. The lowest BCUT2D eigenvalue weighted by Gasteiger charge is -1.95. The first-order valence-corrected chi connectivity index (χ1v) is 3.10. The number of aromatic nitrogens is 1. The van der Waals surface area contributed by atoms with E-state index in [-0.39, 0.29) is 0 Å². The Kier molecular flexibility index (Phi) is 1.95. The molecule has 1 N–H and O–H groups in total. The molecule has 0 spiro atoms. The zero-order valence-electron chi connectivity index (χ0n) is 5.13. The lowest BCUT2D eigenvalue weighted by Crippen LogP contribution is -1.89. The SMILES string of the molecule is CNc1ccc(S)cn1. The van der Waals surface area contributed by atoms with Crippen molar-refractivity contribution >= 4 is 18.4 Å². The maximum absolute atomic E-state index is 4.08. The smallest absolute Gasteiger partial charge is 0.125 e. The zero-order chi connectivity index (χ0) is 6.69. The van der Waals surface area contributed by atoms with Crippen molar-refractivity contribution in [3.05, 3.63) is 18.3 Å². The first-order valence-electron chi connectivity index (χ1n) is 2.65. The third kappa shape index (κ3) is 1.61. The maximum atomic E-state index is 4.08. The van der Waals surface area contributed by atoms with E-state index in [4.69, 9.17) is 0 Å². The molecule has 0 aliphatic rings. The Morgan fingerprint density at radius 1 is 1.56 bits per heavy atom. The fourth-order valence-electron chi connectivity index (χ4n) is 0.534. The van der Waals surface area contributed by atoms with Crippen molar-refractivity contribution in [1.82, 2.24) is 4.98 Å². The molecule has 48 valence electrons. The zero-order valence-corrected chi connectivity index (χ0v) is 6.02. The number of thiol groups is 1. The van der Waals surface area contributed by atoms with Gasteiger partial charge in [-0.3, -0.25) is 0 Å². The summed E-state index contributed by atoms with van der Waals surface area (Å²) in [4.78, 5) is 4.89. The highest BCUT2D eigenvalue weighted by Gasteiger charge is 1.85. The van der Waals surface area contributed by atoms with E-state index in [9.17, 15) is 0 Å². The largest absolute Gasteiger partial charge is 0.373 e. The van der Waals surface area contributed by atoms with Crippen LogP contribution in [-0.4, -0.2) is 12.0 Å². The molecule has 0 unspecified atom stereocenters. The van der Waals surface area contributed by atoms with E-state index in [1.165, 1.54) is 0 Å². The molecule has 1 aromatic rings. The van der Waals surface area contributed by atoms with E-state index in [0.29, 0.717) is 0 Å². The first kappa shape index (κ1) is 6.42. The van der Waals surface area contributed by atoms with Crippen molar-refractivity contribution in [3.63, 3.8) is 0 Å². The minimum atomic E-state index is 0.868. The molecule has 2 nitrogen and oxygen atoms in total. The number of hydrogen-bond acceptors (Lipinski definition) is 3. The molecule has 0 atom stereocenters. The Morgan fingerprint density at radius 3 is 2.78 bits per heavy atom. The van der Waals surface area contributed by atoms with Crippen LogP contribution in [0, 0.1) is 0 Å². The van der Waals surface area contributed by atoms with E-state index in [1.54, 1.807) is 6.20 Å². The molecule has 0 saturated carbocycles. The van der Waals surface area contributed by atoms with E-state index in [1.807, 2.05) is 19.2 Å². The summed E-state index contributed by atoms with van der Waals surface area (Å²) in [6, 6.07) is 3.77. The standard InChI is InChI=1S/C6H8N2S/c1-7-6-3-2-5(9)4-8-6/h2-4,9H,1H3,(H,7,8). The van der Waals surface area contributed by atoms with Crippen LogP contribution >= 0.6 is 12.6 Å². The van der Waals surface area contributed by atoms with Gasteiger partial charge in [0.2, 0.25) is 0 Å². The second-order valence-electron chi connectivity index (χ2n) is 1.65. The molecule has 0 saturated heterocycles. The topological polar surface area (TPSA) is 24.9 Å². The quantitative estimate of drug-likeness (QED) is 0.576. The lowest BCUT2D eigenvalue weighted by molar-refractivity contribution is 1.22. The Hall–Kier alpha value is -0.700. The van der Waals surface area contributed by atoms with Crippen LogP contribution in [0.5, 0.6) is 0 Å². The van der Waals surface area contributed by atoms with Gasteiger partial charge >= 0.3 is 0 Å². The Bertz CT molecular complexity index is 183. The van der Waals surface area contributed by atoms with Crippen molar-refractivity contribution in [2.45, 2.75) is 4.90 Å². The third-order valence-electron chi connectivity index (χ3n) is 1.00. The molecule has 0 aromatic carbocycles. The number of nitrogens with one attached hydrogen (secondary N) is 1. The summed E-state index contributed by atoms with van der Waals surface area (Å²) >= 11 is 4.08. The fraction of sp³-hybridized carbons (Fsp3) is 0.167. The highest BCUT2D eigenvalue weighted by Crippen LogP contribution is 2.06. The van der Waals surface area contributed by atoms with Gasteiger partial charge in [-0.15, -0.1) is 12.6 Å². The highest BCUT2D eigenvalue weighted by molar-refractivity contribution is 7.80. The van der Waals surface area contributed by atoms with Crippen LogP contribution in [0.25, 0.3) is 0 Å². The predicted molar refractivity (Wildman–Crippen MR) is 41.0 cm³/mol. The summed E-state index contributed by atoms with van der Waals surface area (Å²) in [5.41, 5.74) is 0. The normalized spacial score (nSPS) is 9.11. The molecule has 0 aliphatic carbocycles. The number of nitrogens with zero attached hydrogens (tertiary/aromatic N) is 1. The second kappa shape index (κ2) is 2.73. The number of rotatable bonds is 1. The molecule has 0 fully saturated rings. The van der Waals surface area contributed by atoms with Gasteiger partial charge in [0.05, 0.1) is 0 Å². The van der Waals surface area contributed by atoms with Gasteiger partial charge < -0.3 is 5.32 Å². The molecule has 0 radical (unpaired) electrons. The molecular weight excluding hydrogens is 132 g/mol. The number of hydrogen-bond donors (Lipinski definition) is 2. The minimum Gasteiger partial charge on any atom is -0.373 e. The summed E-state index contributed by atoms with van der Waals surface area (Å²) in [5, 5.41) is 2.91. The van der Waals surface area contributed by atoms with Gasteiger partial charge in [-0.2, -0.15) is 0 Å². The summed E-state index contributed by atoms with van der Waals surface area (Å²) < 4.78 is 0. The van der Waals surface area contributed by atoms with Gasteiger partial charge in [0.15, 0.2) is 0 Å². The average Bonchev–Trinajstić information content (AvgIpc) is 1.90. The van der Waals surface area contributed by atoms with Gasteiger partial charge in [0.25, 0.3) is 0 Å². The lowest BCUT2D eigenvalue weighted by atomic mass is 10.5. The van der Waals surface area contributed by atoms with Gasteiger partial charge in [0, 0.05) is 18.1 Å². The van der Waals surface area contributed by atoms with Crippen molar-refractivity contribution in [2.24, 2.45) is 0 Å². The Balaban J connectivity index is 2.88. The second-order valence-corrected chi connectivity index (χ2v) is 2.17. The molecule has 1 heterocycles. The molecule has 1 rings (SSSR count). The summed E-state index contributed by atoms with van der Waals surface area (Å²) in [6.07, 6.45) is 1.70. The van der Waals surface area contributed by atoms with Crippen molar-refractivity contribution < 1.29 is 0 Å². The molecule has 0 aliphatic heterocycles. The number of pyridine rings is 1. The Morgan fingerprint density at radius 2 is 2.33 bits per heavy atom. The van der Waals surface area contributed by atoms with Crippen LogP contribution in [0.1, 0.15) is 0 Å². The molecule has 1 aromatic heterocycles. The van der Waals surface area contributed by atoms with Crippen LogP contribution in [0.4, 0.5) is 5.82 Å². The van der Waals surface area contributed by atoms with E-state index in [0.717, 1.165) is 10.7 Å². The van der Waals surface area contributed by atoms with Crippen LogP contribution in [0.2, 0.25) is 0 Å². The monoisotopic (exact) mass is 140 g/mol.